The highest BCUT2D eigenvalue weighted by atomic mass is 35.5. The van der Waals surface area contributed by atoms with Crippen molar-refractivity contribution in [3.63, 3.8) is 0 Å². The van der Waals surface area contributed by atoms with E-state index in [4.69, 9.17) is 23.2 Å². The minimum Gasteiger partial charge on any atom is -0.343 e. The molecule has 3 heteroatoms. The van der Waals surface area contributed by atoms with E-state index in [9.17, 15) is 0 Å². The molecule has 0 aromatic heterocycles. The van der Waals surface area contributed by atoms with Crippen LogP contribution in [0.5, 0.6) is 0 Å². The smallest absolute Gasteiger partial charge is 0.0646 e. The van der Waals surface area contributed by atoms with Crippen molar-refractivity contribution in [3.05, 3.63) is 59.1 Å². The second-order valence-electron chi connectivity index (χ2n) is 3.78. The van der Waals surface area contributed by atoms with Crippen LogP contribution in [-0.4, -0.2) is 7.05 Å². The molecule has 0 fully saturated rings. The monoisotopic (exact) mass is 265 g/mol. The minimum atomic E-state index is 0.451. The van der Waals surface area contributed by atoms with Crippen molar-refractivity contribution in [2.45, 2.75) is 5.88 Å². The summed E-state index contributed by atoms with van der Waals surface area (Å²) < 4.78 is 0. The average Bonchev–Trinajstić information content (AvgIpc) is 2.38. The van der Waals surface area contributed by atoms with Gasteiger partial charge in [0.05, 0.1) is 10.7 Å². The van der Waals surface area contributed by atoms with Crippen molar-refractivity contribution in [3.8, 4) is 0 Å². The quantitative estimate of drug-likeness (QED) is 0.718. The molecule has 0 spiro atoms. The molecule has 0 saturated carbocycles. The molecule has 0 radical (unpaired) electrons. The molecule has 0 heterocycles. The average molecular weight is 266 g/mol. The van der Waals surface area contributed by atoms with Crippen molar-refractivity contribution in [2.24, 2.45) is 0 Å². The van der Waals surface area contributed by atoms with Crippen LogP contribution in [0.25, 0.3) is 0 Å². The third-order valence-corrected chi connectivity index (χ3v) is 3.29. The Balaban J connectivity index is 2.47. The zero-order valence-corrected chi connectivity index (χ0v) is 11.0. The van der Waals surface area contributed by atoms with Crippen LogP contribution in [0.15, 0.2) is 48.5 Å². The van der Waals surface area contributed by atoms with Gasteiger partial charge < -0.3 is 4.90 Å². The Morgan fingerprint density at radius 2 is 1.71 bits per heavy atom. The molecular weight excluding hydrogens is 253 g/mol. The number of rotatable bonds is 3. The predicted molar refractivity (Wildman–Crippen MR) is 75.5 cm³/mol. The van der Waals surface area contributed by atoms with Gasteiger partial charge >= 0.3 is 0 Å². The summed E-state index contributed by atoms with van der Waals surface area (Å²) in [5, 5.41) is 0.717. The van der Waals surface area contributed by atoms with Crippen molar-refractivity contribution in [2.75, 3.05) is 11.9 Å². The van der Waals surface area contributed by atoms with E-state index in [1.165, 1.54) is 0 Å². The van der Waals surface area contributed by atoms with Gasteiger partial charge in [-0.3, -0.25) is 0 Å². The van der Waals surface area contributed by atoms with Crippen LogP contribution in [0.4, 0.5) is 11.4 Å². The second-order valence-corrected chi connectivity index (χ2v) is 4.45. The molecule has 2 rings (SSSR count). The molecule has 2 aromatic carbocycles. The summed E-state index contributed by atoms with van der Waals surface area (Å²) in [6.45, 7) is 0. The third-order valence-electron chi connectivity index (χ3n) is 2.69. The Morgan fingerprint density at radius 3 is 2.35 bits per heavy atom. The van der Waals surface area contributed by atoms with E-state index in [2.05, 4.69) is 4.90 Å². The van der Waals surface area contributed by atoms with Crippen molar-refractivity contribution in [1.82, 2.24) is 0 Å². The van der Waals surface area contributed by atoms with E-state index in [1.54, 1.807) is 0 Å². The largest absolute Gasteiger partial charge is 0.343 e. The molecule has 0 amide bonds. The van der Waals surface area contributed by atoms with Crippen molar-refractivity contribution < 1.29 is 0 Å². The lowest BCUT2D eigenvalue weighted by atomic mass is 10.1. The van der Waals surface area contributed by atoms with Gasteiger partial charge in [-0.15, -0.1) is 11.6 Å². The fourth-order valence-electron chi connectivity index (χ4n) is 1.82. The number of benzene rings is 2. The maximum atomic E-state index is 6.25. The van der Waals surface area contributed by atoms with Gasteiger partial charge in [0.25, 0.3) is 0 Å². The van der Waals surface area contributed by atoms with Gasteiger partial charge in [-0.1, -0.05) is 41.9 Å². The molecule has 0 aliphatic heterocycles. The number of hydrogen-bond donors (Lipinski definition) is 0. The van der Waals surface area contributed by atoms with Crippen molar-refractivity contribution in [1.29, 1.82) is 0 Å². The first-order valence-electron chi connectivity index (χ1n) is 5.36. The number of halogens is 2. The predicted octanol–water partition coefficient (Wildman–Crippen LogP) is 4.85. The van der Waals surface area contributed by atoms with Gasteiger partial charge in [-0.25, -0.2) is 0 Å². The zero-order chi connectivity index (χ0) is 12.3. The van der Waals surface area contributed by atoms with Crippen LogP contribution in [0.1, 0.15) is 5.56 Å². The summed E-state index contributed by atoms with van der Waals surface area (Å²) in [6.07, 6.45) is 0. The lowest BCUT2D eigenvalue weighted by Crippen LogP contribution is -2.11. The molecule has 2 aromatic rings. The Kier molecular flexibility index (Phi) is 3.93. The normalized spacial score (nSPS) is 10.3. The van der Waals surface area contributed by atoms with E-state index < -0.39 is 0 Å². The first-order chi connectivity index (χ1) is 8.24. The summed E-state index contributed by atoms with van der Waals surface area (Å²) in [5.41, 5.74) is 3.09. The van der Waals surface area contributed by atoms with Gasteiger partial charge in [0.2, 0.25) is 0 Å². The maximum absolute atomic E-state index is 6.25. The first kappa shape index (κ1) is 12.3. The zero-order valence-electron chi connectivity index (χ0n) is 9.53. The first-order valence-corrected chi connectivity index (χ1v) is 6.27. The molecule has 0 bridgehead atoms. The number of para-hydroxylation sites is 2. The van der Waals surface area contributed by atoms with E-state index >= 15 is 0 Å². The molecule has 1 nitrogen and oxygen atoms in total. The number of nitrogens with zero attached hydrogens (tertiary/aromatic N) is 1. The van der Waals surface area contributed by atoms with Crippen LogP contribution >= 0.6 is 23.2 Å². The Bertz CT molecular complexity index is 497. The van der Waals surface area contributed by atoms with Crippen LogP contribution in [0.2, 0.25) is 5.02 Å². The van der Waals surface area contributed by atoms with Gasteiger partial charge in [0, 0.05) is 18.6 Å². The summed E-state index contributed by atoms with van der Waals surface area (Å²) in [7, 11) is 1.99. The SMILES string of the molecule is CN(c1ccccc1)c1c(Cl)cccc1CCl. The molecule has 88 valence electrons. The lowest BCUT2D eigenvalue weighted by Gasteiger charge is -2.23. The fraction of sp³-hybridized carbons (Fsp3) is 0.143. The molecule has 0 atom stereocenters. The number of hydrogen-bond acceptors (Lipinski definition) is 1. The Hall–Kier alpha value is -1.18. The Labute approximate surface area is 112 Å². The highest BCUT2D eigenvalue weighted by Crippen LogP contribution is 2.34. The van der Waals surface area contributed by atoms with E-state index in [1.807, 2.05) is 55.6 Å². The minimum absolute atomic E-state index is 0.451. The standard InChI is InChI=1S/C14H13Cl2N/c1-17(12-7-3-2-4-8-12)14-11(10-15)6-5-9-13(14)16/h2-9H,10H2,1H3. The summed E-state index contributed by atoms with van der Waals surface area (Å²) >= 11 is 12.2. The summed E-state index contributed by atoms with van der Waals surface area (Å²) in [6, 6.07) is 15.9. The van der Waals surface area contributed by atoms with Crippen molar-refractivity contribution >= 4 is 34.6 Å². The van der Waals surface area contributed by atoms with Crippen LogP contribution < -0.4 is 4.90 Å². The highest BCUT2D eigenvalue weighted by molar-refractivity contribution is 6.33. The molecule has 0 N–H and O–H groups in total. The lowest BCUT2D eigenvalue weighted by molar-refractivity contribution is 1.18. The number of alkyl halides is 1. The molecule has 0 aliphatic rings. The molecule has 0 unspecified atom stereocenters. The highest BCUT2D eigenvalue weighted by Gasteiger charge is 2.12. The van der Waals surface area contributed by atoms with Gasteiger partial charge in [0.15, 0.2) is 0 Å². The maximum Gasteiger partial charge on any atom is 0.0646 e. The van der Waals surface area contributed by atoms with Crippen LogP contribution in [0.3, 0.4) is 0 Å². The molecule has 17 heavy (non-hydrogen) atoms. The topological polar surface area (TPSA) is 3.24 Å². The van der Waals surface area contributed by atoms with Crippen LogP contribution in [-0.2, 0) is 5.88 Å². The summed E-state index contributed by atoms with van der Waals surface area (Å²) in [5.74, 6) is 0.451. The molecule has 0 aliphatic carbocycles. The second kappa shape index (κ2) is 5.44. The van der Waals surface area contributed by atoms with Crippen LogP contribution in [0, 0.1) is 0 Å². The molecule has 0 saturated heterocycles. The van der Waals surface area contributed by atoms with E-state index in [0.717, 1.165) is 22.0 Å². The van der Waals surface area contributed by atoms with E-state index in [0.29, 0.717) is 5.88 Å². The van der Waals surface area contributed by atoms with Gasteiger partial charge in [-0.2, -0.15) is 0 Å². The Morgan fingerprint density at radius 1 is 1.00 bits per heavy atom. The molecular formula is C14H13Cl2N. The number of anilines is 2. The third kappa shape index (κ3) is 2.56. The fourth-order valence-corrected chi connectivity index (χ4v) is 2.36. The van der Waals surface area contributed by atoms with Gasteiger partial charge in [-0.05, 0) is 23.8 Å². The van der Waals surface area contributed by atoms with Gasteiger partial charge in [0.1, 0.15) is 0 Å². The van der Waals surface area contributed by atoms with E-state index in [-0.39, 0.29) is 0 Å². The summed E-state index contributed by atoms with van der Waals surface area (Å²) in [4.78, 5) is 2.06.